The average molecular weight is 246 g/mol. The smallest absolute Gasteiger partial charge is 0.305 e. The molecule has 0 bridgehead atoms. The van der Waals surface area contributed by atoms with E-state index in [4.69, 9.17) is 5.73 Å². The van der Waals surface area contributed by atoms with Gasteiger partial charge in [0.05, 0.1) is 9.82 Å². The van der Waals surface area contributed by atoms with Crippen molar-refractivity contribution in [3.8, 4) is 0 Å². The molecule has 17 heavy (non-hydrogen) atoms. The molecule has 0 spiro atoms. The molecule has 0 unspecified atom stereocenters. The second kappa shape index (κ2) is 4.88. The molecule has 0 aromatic heterocycles. The molecular formula is C12H10N2O2S. The minimum Gasteiger partial charge on any atom is -0.393 e. The number of nitrogens with zero attached hydrogens (tertiary/aromatic N) is 1. The van der Waals surface area contributed by atoms with Gasteiger partial charge in [0.15, 0.2) is 0 Å². The highest BCUT2D eigenvalue weighted by Crippen LogP contribution is 2.37. The van der Waals surface area contributed by atoms with E-state index in [0.29, 0.717) is 4.90 Å². The van der Waals surface area contributed by atoms with Crippen molar-refractivity contribution >= 4 is 23.1 Å². The van der Waals surface area contributed by atoms with Gasteiger partial charge in [0, 0.05) is 4.90 Å². The number of nitrogen functional groups attached to an aromatic ring is 1. The van der Waals surface area contributed by atoms with Crippen LogP contribution < -0.4 is 5.73 Å². The van der Waals surface area contributed by atoms with Crippen molar-refractivity contribution in [1.82, 2.24) is 0 Å². The van der Waals surface area contributed by atoms with Gasteiger partial charge in [0.2, 0.25) is 0 Å². The highest BCUT2D eigenvalue weighted by Gasteiger charge is 2.18. The molecule has 2 aromatic carbocycles. The number of nitrogens with two attached hydrogens (primary N) is 1. The van der Waals surface area contributed by atoms with Crippen LogP contribution in [0.15, 0.2) is 58.3 Å². The van der Waals surface area contributed by atoms with Gasteiger partial charge in [0.1, 0.15) is 5.69 Å². The van der Waals surface area contributed by atoms with E-state index in [1.807, 2.05) is 30.3 Å². The zero-order chi connectivity index (χ0) is 12.3. The van der Waals surface area contributed by atoms with Crippen LogP contribution in [0.2, 0.25) is 0 Å². The first-order chi connectivity index (χ1) is 8.18. The van der Waals surface area contributed by atoms with Crippen LogP contribution >= 0.6 is 11.8 Å². The molecule has 0 saturated heterocycles. The molecule has 0 aliphatic heterocycles. The molecule has 2 rings (SSSR count). The molecule has 2 N–H and O–H groups in total. The number of nitro benzene ring substituents is 1. The number of hydrogen-bond donors (Lipinski definition) is 1. The van der Waals surface area contributed by atoms with Crippen molar-refractivity contribution in [2.75, 3.05) is 5.73 Å². The number of nitro groups is 1. The average Bonchev–Trinajstić information content (AvgIpc) is 2.30. The lowest BCUT2D eigenvalue weighted by atomic mass is 10.3. The van der Waals surface area contributed by atoms with Crippen LogP contribution in [0.1, 0.15) is 0 Å². The maximum Gasteiger partial charge on any atom is 0.305 e. The molecule has 0 heterocycles. The van der Waals surface area contributed by atoms with E-state index in [1.165, 1.54) is 17.8 Å². The number of benzene rings is 2. The Labute approximate surface area is 103 Å². The first-order valence-electron chi connectivity index (χ1n) is 4.94. The highest BCUT2D eigenvalue weighted by atomic mass is 32.2. The summed E-state index contributed by atoms with van der Waals surface area (Å²) in [5.41, 5.74) is 5.79. The van der Waals surface area contributed by atoms with Gasteiger partial charge >= 0.3 is 5.69 Å². The summed E-state index contributed by atoms with van der Waals surface area (Å²) >= 11 is 1.34. The predicted molar refractivity (Wildman–Crippen MR) is 68.1 cm³/mol. The summed E-state index contributed by atoms with van der Waals surface area (Å²) in [7, 11) is 0. The lowest BCUT2D eigenvalue weighted by Crippen LogP contribution is -1.97. The number of hydrogen-bond acceptors (Lipinski definition) is 4. The Morgan fingerprint density at radius 1 is 1.06 bits per heavy atom. The van der Waals surface area contributed by atoms with Gasteiger partial charge in [-0.15, -0.1) is 0 Å². The normalized spacial score (nSPS) is 10.1. The molecular weight excluding hydrogens is 236 g/mol. The Balaban J connectivity index is 2.40. The van der Waals surface area contributed by atoms with Crippen LogP contribution in [0.4, 0.5) is 11.4 Å². The molecule has 4 nitrogen and oxygen atoms in total. The zero-order valence-electron chi connectivity index (χ0n) is 8.87. The molecule has 0 amide bonds. The number of rotatable bonds is 3. The Hall–Kier alpha value is -2.01. The van der Waals surface area contributed by atoms with Crippen LogP contribution in [0.5, 0.6) is 0 Å². The maximum atomic E-state index is 10.9. The van der Waals surface area contributed by atoms with Crippen LogP contribution in [-0.2, 0) is 0 Å². The van der Waals surface area contributed by atoms with Gasteiger partial charge in [-0.1, -0.05) is 36.0 Å². The first-order valence-corrected chi connectivity index (χ1v) is 5.76. The first kappa shape index (κ1) is 11.5. The van der Waals surface area contributed by atoms with E-state index in [2.05, 4.69) is 0 Å². The molecule has 2 aromatic rings. The summed E-state index contributed by atoms with van der Waals surface area (Å²) in [6.07, 6.45) is 0. The van der Waals surface area contributed by atoms with Crippen LogP contribution in [0.3, 0.4) is 0 Å². The van der Waals surface area contributed by atoms with E-state index in [0.717, 1.165) is 4.90 Å². The quantitative estimate of drug-likeness (QED) is 0.512. The fraction of sp³-hybridized carbons (Fsp3) is 0. The van der Waals surface area contributed by atoms with Crippen molar-refractivity contribution in [3.63, 3.8) is 0 Å². The molecule has 86 valence electrons. The Morgan fingerprint density at radius 2 is 1.76 bits per heavy atom. The van der Waals surface area contributed by atoms with Gasteiger partial charge < -0.3 is 5.73 Å². The molecule has 0 radical (unpaired) electrons. The van der Waals surface area contributed by atoms with Crippen molar-refractivity contribution in [2.24, 2.45) is 0 Å². The Kier molecular flexibility index (Phi) is 3.30. The summed E-state index contributed by atoms with van der Waals surface area (Å²) in [6, 6.07) is 14.4. The van der Waals surface area contributed by atoms with E-state index in [1.54, 1.807) is 12.1 Å². The van der Waals surface area contributed by atoms with Crippen molar-refractivity contribution < 1.29 is 4.92 Å². The minimum atomic E-state index is -0.444. The van der Waals surface area contributed by atoms with E-state index in [9.17, 15) is 10.1 Å². The van der Waals surface area contributed by atoms with Gasteiger partial charge in [-0.25, -0.2) is 0 Å². The lowest BCUT2D eigenvalue weighted by Gasteiger charge is -2.04. The third-order valence-electron chi connectivity index (χ3n) is 2.18. The van der Waals surface area contributed by atoms with Crippen molar-refractivity contribution in [1.29, 1.82) is 0 Å². The summed E-state index contributed by atoms with van der Waals surface area (Å²) < 4.78 is 0. The minimum absolute atomic E-state index is 0.0265. The standard InChI is InChI=1S/C12H10N2O2S/c13-10-7-4-8-11(12(10)14(15)16)17-9-5-2-1-3-6-9/h1-8H,13H2. The number of para-hydroxylation sites is 1. The molecule has 0 atom stereocenters. The van der Waals surface area contributed by atoms with Crippen LogP contribution in [0.25, 0.3) is 0 Å². The van der Waals surface area contributed by atoms with Gasteiger partial charge in [0.25, 0.3) is 0 Å². The largest absolute Gasteiger partial charge is 0.393 e. The Bertz CT molecular complexity index is 543. The fourth-order valence-corrected chi connectivity index (χ4v) is 2.42. The second-order valence-corrected chi connectivity index (χ2v) is 4.48. The Morgan fingerprint density at radius 3 is 2.41 bits per heavy atom. The highest BCUT2D eigenvalue weighted by molar-refractivity contribution is 7.99. The topological polar surface area (TPSA) is 69.2 Å². The van der Waals surface area contributed by atoms with Crippen molar-refractivity contribution in [2.45, 2.75) is 9.79 Å². The summed E-state index contributed by atoms with van der Waals surface area (Å²) in [6.45, 7) is 0. The fourth-order valence-electron chi connectivity index (χ4n) is 1.43. The zero-order valence-corrected chi connectivity index (χ0v) is 9.68. The van der Waals surface area contributed by atoms with Crippen LogP contribution in [0, 0.1) is 10.1 Å². The predicted octanol–water partition coefficient (Wildman–Crippen LogP) is 3.33. The third-order valence-corrected chi connectivity index (χ3v) is 3.24. The molecule has 0 aliphatic rings. The lowest BCUT2D eigenvalue weighted by molar-refractivity contribution is -0.386. The van der Waals surface area contributed by atoms with E-state index in [-0.39, 0.29) is 11.4 Å². The number of anilines is 1. The van der Waals surface area contributed by atoms with Crippen LogP contribution in [-0.4, -0.2) is 4.92 Å². The molecule has 0 aliphatic carbocycles. The summed E-state index contributed by atoms with van der Waals surface area (Å²) in [5.74, 6) is 0. The maximum absolute atomic E-state index is 10.9. The van der Waals surface area contributed by atoms with Gasteiger partial charge in [-0.3, -0.25) is 10.1 Å². The monoisotopic (exact) mass is 246 g/mol. The summed E-state index contributed by atoms with van der Waals surface area (Å²) in [5, 5.41) is 10.9. The van der Waals surface area contributed by atoms with E-state index < -0.39 is 4.92 Å². The molecule has 0 saturated carbocycles. The SMILES string of the molecule is Nc1cccc(Sc2ccccc2)c1[N+](=O)[O-]. The van der Waals surface area contributed by atoms with E-state index >= 15 is 0 Å². The molecule has 5 heteroatoms. The van der Waals surface area contributed by atoms with Crippen molar-refractivity contribution in [3.05, 3.63) is 58.6 Å². The van der Waals surface area contributed by atoms with Gasteiger partial charge in [-0.05, 0) is 24.3 Å². The third kappa shape index (κ3) is 2.57. The second-order valence-electron chi connectivity index (χ2n) is 3.37. The van der Waals surface area contributed by atoms with Gasteiger partial charge in [-0.2, -0.15) is 0 Å². The summed E-state index contributed by atoms with van der Waals surface area (Å²) in [4.78, 5) is 12.0. The molecule has 0 fully saturated rings.